The van der Waals surface area contributed by atoms with E-state index >= 15 is 0 Å². The van der Waals surface area contributed by atoms with Gasteiger partial charge in [0.1, 0.15) is 6.04 Å². The Bertz CT molecular complexity index is 939. The lowest BCUT2D eigenvalue weighted by molar-refractivity contribution is -0.140. The lowest BCUT2D eigenvalue weighted by Gasteiger charge is -2.35. The molecule has 5 heteroatoms. The summed E-state index contributed by atoms with van der Waals surface area (Å²) in [5.41, 5.74) is 8.01. The SMILES string of the molecule is CC(=O)NC(CSCC1=CC=C2C=Cc3cccc4c3C2C1=CC4)C(=O)O. The number of benzene rings is 1. The van der Waals surface area contributed by atoms with E-state index in [1.54, 1.807) is 11.8 Å². The second-order valence-corrected chi connectivity index (χ2v) is 8.05. The molecule has 0 bridgehead atoms. The summed E-state index contributed by atoms with van der Waals surface area (Å²) in [6, 6.07) is 5.65. The summed E-state index contributed by atoms with van der Waals surface area (Å²) >= 11 is 1.55. The van der Waals surface area contributed by atoms with Gasteiger partial charge in [0.05, 0.1) is 0 Å². The topological polar surface area (TPSA) is 66.4 Å². The van der Waals surface area contributed by atoms with Crippen LogP contribution in [0.3, 0.4) is 0 Å². The highest BCUT2D eigenvalue weighted by Crippen LogP contribution is 2.48. The number of carboxylic acid groups (broad SMARTS) is 1. The number of carbonyl (C=O) groups is 2. The third kappa shape index (κ3) is 3.39. The molecule has 2 unspecified atom stereocenters. The number of aliphatic carboxylic acids is 1. The van der Waals surface area contributed by atoms with Crippen LogP contribution in [-0.4, -0.2) is 34.5 Å². The van der Waals surface area contributed by atoms with E-state index in [0.29, 0.717) is 11.7 Å². The average molecular weight is 379 g/mol. The summed E-state index contributed by atoms with van der Waals surface area (Å²) < 4.78 is 0. The van der Waals surface area contributed by atoms with E-state index in [1.165, 1.54) is 40.3 Å². The summed E-state index contributed by atoms with van der Waals surface area (Å²) in [6.07, 6.45) is 12.0. The number of hydrogen-bond acceptors (Lipinski definition) is 3. The van der Waals surface area contributed by atoms with Crippen molar-refractivity contribution in [3.63, 3.8) is 0 Å². The predicted molar refractivity (Wildman–Crippen MR) is 109 cm³/mol. The summed E-state index contributed by atoms with van der Waals surface area (Å²) in [4.78, 5) is 22.5. The zero-order chi connectivity index (χ0) is 19.0. The van der Waals surface area contributed by atoms with Gasteiger partial charge in [-0.3, -0.25) is 4.79 Å². The van der Waals surface area contributed by atoms with E-state index in [2.05, 4.69) is 53.9 Å². The molecule has 1 aromatic carbocycles. The van der Waals surface area contributed by atoms with Crippen LogP contribution in [0.2, 0.25) is 0 Å². The van der Waals surface area contributed by atoms with Gasteiger partial charge in [-0.2, -0.15) is 11.8 Å². The Kier molecular flexibility index (Phi) is 4.79. The molecule has 2 atom stereocenters. The third-order valence-electron chi connectivity index (χ3n) is 5.23. The van der Waals surface area contributed by atoms with Crippen molar-refractivity contribution in [2.75, 3.05) is 11.5 Å². The van der Waals surface area contributed by atoms with E-state index in [-0.39, 0.29) is 5.91 Å². The minimum atomic E-state index is -0.995. The van der Waals surface area contributed by atoms with E-state index in [0.717, 1.165) is 12.2 Å². The van der Waals surface area contributed by atoms with Crippen molar-refractivity contribution in [3.8, 4) is 0 Å². The van der Waals surface area contributed by atoms with Crippen LogP contribution in [0.4, 0.5) is 0 Å². The number of carboxylic acids is 1. The lowest BCUT2D eigenvalue weighted by atomic mass is 9.69. The molecular weight excluding hydrogens is 358 g/mol. The number of rotatable bonds is 6. The minimum absolute atomic E-state index is 0.293. The summed E-state index contributed by atoms with van der Waals surface area (Å²) in [7, 11) is 0. The number of thioether (sulfide) groups is 1. The Morgan fingerprint density at radius 1 is 1.30 bits per heavy atom. The summed E-state index contributed by atoms with van der Waals surface area (Å²) in [6.45, 7) is 1.34. The smallest absolute Gasteiger partial charge is 0.327 e. The standard InChI is InChI=1S/C22H21NO3S/c1-13(24)23-19(22(25)26)12-27-11-17-8-7-16-6-5-14-3-2-4-15-9-10-18(17)21(16)20(14)15/h2-8,10,19,21H,9,11-12H2,1H3,(H,23,24)(H,25,26). The second-order valence-electron chi connectivity index (χ2n) is 7.02. The second kappa shape index (κ2) is 7.24. The molecule has 0 saturated heterocycles. The first-order chi connectivity index (χ1) is 13.0. The fourth-order valence-corrected chi connectivity index (χ4v) is 5.09. The molecule has 4 rings (SSSR count). The molecule has 0 aliphatic heterocycles. The molecule has 2 N–H and O–H groups in total. The number of allylic oxidation sites excluding steroid dienone is 6. The molecule has 1 aromatic rings. The predicted octanol–water partition coefficient (Wildman–Crippen LogP) is 3.47. The maximum Gasteiger partial charge on any atom is 0.327 e. The van der Waals surface area contributed by atoms with E-state index in [9.17, 15) is 14.7 Å². The molecule has 0 radical (unpaired) electrons. The molecule has 3 aliphatic rings. The van der Waals surface area contributed by atoms with Crippen LogP contribution in [0.1, 0.15) is 29.5 Å². The first kappa shape index (κ1) is 17.9. The van der Waals surface area contributed by atoms with Gasteiger partial charge in [-0.25, -0.2) is 4.79 Å². The van der Waals surface area contributed by atoms with Gasteiger partial charge in [0, 0.05) is 24.3 Å². The number of nitrogens with one attached hydrogen (secondary N) is 1. The Morgan fingerprint density at radius 2 is 2.15 bits per heavy atom. The molecular formula is C22H21NO3S. The van der Waals surface area contributed by atoms with E-state index in [4.69, 9.17) is 0 Å². The largest absolute Gasteiger partial charge is 0.480 e. The van der Waals surface area contributed by atoms with Gasteiger partial charge in [0.25, 0.3) is 0 Å². The van der Waals surface area contributed by atoms with E-state index < -0.39 is 12.0 Å². The van der Waals surface area contributed by atoms with Crippen molar-refractivity contribution in [3.05, 3.63) is 75.9 Å². The molecule has 4 nitrogen and oxygen atoms in total. The zero-order valence-electron chi connectivity index (χ0n) is 15.1. The molecule has 0 spiro atoms. The quantitative estimate of drug-likeness (QED) is 0.794. The minimum Gasteiger partial charge on any atom is -0.480 e. The van der Waals surface area contributed by atoms with Crippen LogP contribution in [0, 0.1) is 0 Å². The van der Waals surface area contributed by atoms with Crippen molar-refractivity contribution in [1.82, 2.24) is 5.32 Å². The van der Waals surface area contributed by atoms with Gasteiger partial charge in [-0.05, 0) is 39.8 Å². The average Bonchev–Trinajstić information content (AvgIpc) is 2.65. The zero-order valence-corrected chi connectivity index (χ0v) is 15.9. The van der Waals surface area contributed by atoms with Crippen molar-refractivity contribution in [1.29, 1.82) is 0 Å². The number of hydrogen-bond donors (Lipinski definition) is 2. The van der Waals surface area contributed by atoms with Gasteiger partial charge in [0.2, 0.25) is 5.91 Å². The van der Waals surface area contributed by atoms with E-state index in [1.807, 2.05) is 0 Å². The summed E-state index contributed by atoms with van der Waals surface area (Å²) in [5.74, 6) is 0.0614. The molecule has 0 heterocycles. The normalized spacial score (nSPS) is 20.0. The Balaban J connectivity index is 1.52. The molecule has 0 aromatic heterocycles. The maximum atomic E-state index is 11.3. The highest BCUT2D eigenvalue weighted by molar-refractivity contribution is 7.99. The van der Waals surface area contributed by atoms with Crippen molar-refractivity contribution in [2.24, 2.45) is 0 Å². The van der Waals surface area contributed by atoms with Gasteiger partial charge in [0.15, 0.2) is 0 Å². The first-order valence-corrected chi connectivity index (χ1v) is 10.2. The van der Waals surface area contributed by atoms with Gasteiger partial charge >= 0.3 is 5.97 Å². The molecule has 0 fully saturated rings. The van der Waals surface area contributed by atoms with Crippen LogP contribution in [0.25, 0.3) is 6.08 Å². The molecule has 0 saturated carbocycles. The fourth-order valence-electron chi connectivity index (χ4n) is 4.03. The Morgan fingerprint density at radius 3 is 2.93 bits per heavy atom. The highest BCUT2D eigenvalue weighted by Gasteiger charge is 2.32. The number of amides is 1. The molecule has 1 amide bonds. The van der Waals surface area contributed by atoms with Gasteiger partial charge in [-0.15, -0.1) is 0 Å². The molecule has 3 aliphatic carbocycles. The van der Waals surface area contributed by atoms with Crippen molar-refractivity contribution >= 4 is 29.7 Å². The van der Waals surface area contributed by atoms with Crippen LogP contribution in [0.15, 0.2) is 59.2 Å². The van der Waals surface area contributed by atoms with Gasteiger partial charge in [-0.1, -0.05) is 48.6 Å². The monoisotopic (exact) mass is 379 g/mol. The maximum absolute atomic E-state index is 11.3. The Labute approximate surface area is 162 Å². The molecule has 27 heavy (non-hydrogen) atoms. The van der Waals surface area contributed by atoms with Crippen LogP contribution in [0.5, 0.6) is 0 Å². The first-order valence-electron chi connectivity index (χ1n) is 9.03. The van der Waals surface area contributed by atoms with Crippen LogP contribution in [-0.2, 0) is 16.0 Å². The van der Waals surface area contributed by atoms with Crippen LogP contribution >= 0.6 is 11.8 Å². The Hall–Kier alpha value is -2.53. The molecule has 138 valence electrons. The highest BCUT2D eigenvalue weighted by atomic mass is 32.2. The lowest BCUT2D eigenvalue weighted by Crippen LogP contribution is -2.41. The fraction of sp³-hybridized carbons (Fsp3) is 0.273. The summed E-state index contributed by atoms with van der Waals surface area (Å²) in [5, 5.41) is 11.8. The van der Waals surface area contributed by atoms with Crippen LogP contribution < -0.4 is 5.32 Å². The van der Waals surface area contributed by atoms with Crippen molar-refractivity contribution in [2.45, 2.75) is 25.3 Å². The number of carbonyl (C=O) groups excluding carboxylic acids is 1. The van der Waals surface area contributed by atoms with Gasteiger partial charge < -0.3 is 10.4 Å². The van der Waals surface area contributed by atoms with Crippen molar-refractivity contribution < 1.29 is 14.7 Å². The third-order valence-corrected chi connectivity index (χ3v) is 6.31.